The summed E-state index contributed by atoms with van der Waals surface area (Å²) in [4.78, 5) is 29.9. The quantitative estimate of drug-likeness (QED) is 0.835. The molecule has 0 aromatic carbocycles. The summed E-state index contributed by atoms with van der Waals surface area (Å²) in [6, 6.07) is 1.36. The standard InChI is InChI=1S/C10H10N2O3S/c1-4(2)7-11-8(13)5-3-6(10(14)15)16-9(5)12-7/h3-4H,1-2H3,(H,14,15)(H,11,12,13). The highest BCUT2D eigenvalue weighted by Gasteiger charge is 2.13. The van der Waals surface area contributed by atoms with E-state index in [0.717, 1.165) is 11.3 Å². The monoisotopic (exact) mass is 238 g/mol. The highest BCUT2D eigenvalue weighted by atomic mass is 32.1. The second kappa shape index (κ2) is 3.71. The van der Waals surface area contributed by atoms with Gasteiger partial charge in [0, 0.05) is 5.92 Å². The fourth-order valence-electron chi connectivity index (χ4n) is 1.33. The van der Waals surface area contributed by atoms with Crippen molar-refractivity contribution in [2.75, 3.05) is 0 Å². The van der Waals surface area contributed by atoms with Crippen LogP contribution in [0.2, 0.25) is 0 Å². The average Bonchev–Trinajstić information content (AvgIpc) is 2.61. The largest absolute Gasteiger partial charge is 0.477 e. The van der Waals surface area contributed by atoms with E-state index in [4.69, 9.17) is 5.11 Å². The van der Waals surface area contributed by atoms with Crippen molar-refractivity contribution in [3.63, 3.8) is 0 Å². The Labute approximate surface area is 94.8 Å². The molecule has 0 saturated carbocycles. The first-order chi connectivity index (χ1) is 7.49. The number of fused-ring (bicyclic) bond motifs is 1. The third-order valence-corrected chi connectivity index (χ3v) is 3.20. The Bertz CT molecular complexity index is 612. The molecule has 2 rings (SSSR count). The van der Waals surface area contributed by atoms with Crippen LogP contribution in [0.3, 0.4) is 0 Å². The molecule has 0 bridgehead atoms. The second-order valence-electron chi connectivity index (χ2n) is 3.74. The molecule has 84 valence electrons. The Morgan fingerprint density at radius 3 is 2.81 bits per heavy atom. The van der Waals surface area contributed by atoms with Crippen LogP contribution in [0.5, 0.6) is 0 Å². The summed E-state index contributed by atoms with van der Waals surface area (Å²) in [5, 5.41) is 9.17. The van der Waals surface area contributed by atoms with E-state index >= 15 is 0 Å². The average molecular weight is 238 g/mol. The van der Waals surface area contributed by atoms with Gasteiger partial charge in [0.2, 0.25) is 0 Å². The lowest BCUT2D eigenvalue weighted by molar-refractivity contribution is 0.0702. The van der Waals surface area contributed by atoms with E-state index in [1.807, 2.05) is 13.8 Å². The summed E-state index contributed by atoms with van der Waals surface area (Å²) >= 11 is 1.02. The van der Waals surface area contributed by atoms with Crippen molar-refractivity contribution in [2.24, 2.45) is 0 Å². The maximum Gasteiger partial charge on any atom is 0.345 e. The Kier molecular flexibility index (Phi) is 2.51. The second-order valence-corrected chi connectivity index (χ2v) is 4.77. The lowest BCUT2D eigenvalue weighted by atomic mass is 10.2. The lowest BCUT2D eigenvalue weighted by Gasteiger charge is -2.02. The minimum atomic E-state index is -1.03. The molecule has 0 unspecified atom stereocenters. The summed E-state index contributed by atoms with van der Waals surface area (Å²) in [7, 11) is 0. The number of H-pyrrole nitrogens is 1. The van der Waals surface area contributed by atoms with Crippen LogP contribution < -0.4 is 5.56 Å². The third-order valence-electron chi connectivity index (χ3n) is 2.18. The molecule has 0 radical (unpaired) electrons. The third kappa shape index (κ3) is 1.71. The molecule has 0 aliphatic carbocycles. The number of nitrogens with zero attached hydrogens (tertiary/aromatic N) is 1. The molecule has 0 aliphatic rings. The fourth-order valence-corrected chi connectivity index (χ4v) is 2.20. The predicted molar refractivity (Wildman–Crippen MR) is 61.3 cm³/mol. The number of rotatable bonds is 2. The Hall–Kier alpha value is -1.69. The minimum absolute atomic E-state index is 0.104. The Morgan fingerprint density at radius 1 is 1.56 bits per heavy atom. The molecule has 0 saturated heterocycles. The molecule has 0 atom stereocenters. The van der Waals surface area contributed by atoms with Crippen LogP contribution in [0.1, 0.15) is 35.3 Å². The van der Waals surface area contributed by atoms with Crippen LogP contribution in [-0.4, -0.2) is 21.0 Å². The number of hydrogen-bond donors (Lipinski definition) is 2. The number of aromatic carboxylic acids is 1. The molecule has 0 fully saturated rings. The van der Waals surface area contributed by atoms with Gasteiger partial charge in [-0.15, -0.1) is 11.3 Å². The molecule has 5 nitrogen and oxygen atoms in total. The van der Waals surface area contributed by atoms with Gasteiger partial charge < -0.3 is 10.1 Å². The van der Waals surface area contributed by atoms with E-state index < -0.39 is 5.97 Å². The van der Waals surface area contributed by atoms with Gasteiger partial charge in [0.25, 0.3) is 5.56 Å². The molecule has 2 N–H and O–H groups in total. The number of thiophene rings is 1. The highest BCUT2D eigenvalue weighted by Crippen LogP contribution is 2.22. The summed E-state index contributed by atoms with van der Waals surface area (Å²) in [5.74, 6) is -0.350. The van der Waals surface area contributed by atoms with Gasteiger partial charge in [0.1, 0.15) is 15.5 Å². The van der Waals surface area contributed by atoms with Gasteiger partial charge in [-0.1, -0.05) is 13.8 Å². The topological polar surface area (TPSA) is 83.0 Å². The van der Waals surface area contributed by atoms with Crippen LogP contribution in [-0.2, 0) is 0 Å². The zero-order valence-electron chi connectivity index (χ0n) is 8.77. The molecule has 6 heteroatoms. The molecule has 2 aromatic rings. The van der Waals surface area contributed by atoms with Crippen molar-refractivity contribution in [3.8, 4) is 0 Å². The maximum atomic E-state index is 11.7. The van der Waals surface area contributed by atoms with Gasteiger partial charge in [0.15, 0.2) is 0 Å². The van der Waals surface area contributed by atoms with Crippen LogP contribution in [0, 0.1) is 0 Å². The summed E-state index contributed by atoms with van der Waals surface area (Å²) in [5.41, 5.74) is -0.280. The first kappa shape index (κ1) is 10.8. The number of carboxylic acid groups (broad SMARTS) is 1. The van der Waals surface area contributed by atoms with Crippen molar-refractivity contribution in [1.29, 1.82) is 0 Å². The van der Waals surface area contributed by atoms with Crippen LogP contribution in [0.15, 0.2) is 10.9 Å². The van der Waals surface area contributed by atoms with Crippen molar-refractivity contribution in [3.05, 3.63) is 27.1 Å². The number of carboxylic acids is 1. The number of aromatic nitrogens is 2. The van der Waals surface area contributed by atoms with Crippen molar-refractivity contribution in [2.45, 2.75) is 19.8 Å². The summed E-state index contributed by atoms with van der Waals surface area (Å²) in [6.45, 7) is 3.83. The lowest BCUT2D eigenvalue weighted by Crippen LogP contribution is -2.11. The Morgan fingerprint density at radius 2 is 2.25 bits per heavy atom. The normalized spacial score (nSPS) is 11.2. The first-order valence-electron chi connectivity index (χ1n) is 4.76. The highest BCUT2D eigenvalue weighted by molar-refractivity contribution is 7.20. The summed E-state index contributed by atoms with van der Waals surface area (Å²) < 4.78 is 0. The minimum Gasteiger partial charge on any atom is -0.477 e. The molecule has 0 amide bonds. The number of nitrogens with one attached hydrogen (secondary N) is 1. The van der Waals surface area contributed by atoms with Crippen molar-refractivity contribution < 1.29 is 9.90 Å². The van der Waals surface area contributed by atoms with E-state index in [2.05, 4.69) is 9.97 Å². The maximum absolute atomic E-state index is 11.7. The summed E-state index contributed by atoms with van der Waals surface area (Å²) in [6.07, 6.45) is 0. The van der Waals surface area contributed by atoms with Crippen LogP contribution in [0.4, 0.5) is 0 Å². The van der Waals surface area contributed by atoms with E-state index in [9.17, 15) is 9.59 Å². The van der Waals surface area contributed by atoms with Gasteiger partial charge in [-0.3, -0.25) is 4.79 Å². The molecule has 0 aliphatic heterocycles. The van der Waals surface area contributed by atoms with E-state index in [1.165, 1.54) is 6.07 Å². The predicted octanol–water partition coefficient (Wildman–Crippen LogP) is 1.81. The Balaban J connectivity index is 2.73. The zero-order valence-corrected chi connectivity index (χ0v) is 9.59. The van der Waals surface area contributed by atoms with Crippen molar-refractivity contribution in [1.82, 2.24) is 9.97 Å². The SMILES string of the molecule is CC(C)c1nc2sc(C(=O)O)cc2c(=O)[nH]1. The van der Waals surface area contributed by atoms with E-state index in [0.29, 0.717) is 16.0 Å². The van der Waals surface area contributed by atoms with E-state index in [1.54, 1.807) is 0 Å². The molecule has 0 spiro atoms. The van der Waals surface area contributed by atoms with Gasteiger partial charge in [-0.05, 0) is 6.07 Å². The molecule has 2 aromatic heterocycles. The van der Waals surface area contributed by atoms with Gasteiger partial charge in [0.05, 0.1) is 5.39 Å². The van der Waals surface area contributed by atoms with Gasteiger partial charge in [-0.25, -0.2) is 9.78 Å². The van der Waals surface area contributed by atoms with Gasteiger partial charge >= 0.3 is 5.97 Å². The molecule has 16 heavy (non-hydrogen) atoms. The van der Waals surface area contributed by atoms with Crippen molar-refractivity contribution >= 4 is 27.5 Å². The smallest absolute Gasteiger partial charge is 0.345 e. The molecule has 2 heterocycles. The van der Waals surface area contributed by atoms with E-state index in [-0.39, 0.29) is 16.4 Å². The molecular formula is C10H10N2O3S. The fraction of sp³-hybridized carbons (Fsp3) is 0.300. The number of aromatic amines is 1. The number of carbonyl (C=O) groups is 1. The zero-order chi connectivity index (χ0) is 11.9. The van der Waals surface area contributed by atoms with Gasteiger partial charge in [-0.2, -0.15) is 0 Å². The first-order valence-corrected chi connectivity index (χ1v) is 5.57. The number of hydrogen-bond acceptors (Lipinski definition) is 4. The van der Waals surface area contributed by atoms with Crippen LogP contribution in [0.25, 0.3) is 10.2 Å². The van der Waals surface area contributed by atoms with Crippen LogP contribution >= 0.6 is 11.3 Å². The molecular weight excluding hydrogens is 228 g/mol.